The molecule has 1 heterocycles. The van der Waals surface area contributed by atoms with Crippen LogP contribution in [0.15, 0.2) is 30.3 Å². The first kappa shape index (κ1) is 16.0. The predicted octanol–water partition coefficient (Wildman–Crippen LogP) is 1.92. The number of rotatable bonds is 5. The number of nitrogens with zero attached hydrogens (tertiary/aromatic N) is 1. The number of nitrogens with two attached hydrogens (primary N) is 1. The van der Waals surface area contributed by atoms with Gasteiger partial charge in [0.1, 0.15) is 6.04 Å². The number of likely N-dealkylation sites (tertiary alicyclic amines) is 1. The molecule has 0 spiro atoms. The molecule has 1 saturated heterocycles. The number of carbonyl (C=O) groups is 1. The fraction of sp³-hybridized carbons (Fsp3) is 0.588. The molecule has 2 rings (SSSR count). The minimum atomic E-state index is -0.570. The zero-order chi connectivity index (χ0) is 15.2. The van der Waals surface area contributed by atoms with Gasteiger partial charge in [0.15, 0.2) is 0 Å². The summed E-state index contributed by atoms with van der Waals surface area (Å²) in [6, 6.07) is 9.24. The molecule has 3 N–H and O–H groups in total. The monoisotopic (exact) mass is 289 g/mol. The van der Waals surface area contributed by atoms with E-state index in [1.165, 1.54) is 0 Å². The Labute approximate surface area is 127 Å². The Balaban J connectivity index is 1.79. The third kappa shape index (κ3) is 4.83. The van der Waals surface area contributed by atoms with E-state index in [-0.39, 0.29) is 11.9 Å². The maximum atomic E-state index is 12.2. The normalized spacial score (nSPS) is 18.7. The van der Waals surface area contributed by atoms with Gasteiger partial charge in [-0.05, 0) is 24.3 Å². The molecule has 1 unspecified atom stereocenters. The van der Waals surface area contributed by atoms with Gasteiger partial charge in [-0.1, -0.05) is 44.2 Å². The van der Waals surface area contributed by atoms with Crippen molar-refractivity contribution in [3.05, 3.63) is 35.9 Å². The maximum Gasteiger partial charge on any atom is 0.241 e. The number of hydrogen-bond acceptors (Lipinski definition) is 3. The van der Waals surface area contributed by atoms with Gasteiger partial charge in [0, 0.05) is 25.7 Å². The van der Waals surface area contributed by atoms with Crippen molar-refractivity contribution in [2.45, 2.75) is 38.8 Å². The molecule has 4 heteroatoms. The Kier molecular flexibility index (Phi) is 5.76. The fourth-order valence-corrected chi connectivity index (χ4v) is 2.88. The van der Waals surface area contributed by atoms with Gasteiger partial charge in [-0.3, -0.25) is 4.79 Å². The second-order valence-electron chi connectivity index (χ2n) is 6.37. The molecule has 4 nitrogen and oxygen atoms in total. The molecule has 0 aromatic heterocycles. The number of piperidine rings is 1. The number of hydrogen-bond donors (Lipinski definition) is 2. The average molecular weight is 289 g/mol. The Morgan fingerprint density at radius 1 is 1.29 bits per heavy atom. The molecule has 0 radical (unpaired) electrons. The smallest absolute Gasteiger partial charge is 0.241 e. The second-order valence-corrected chi connectivity index (χ2v) is 6.37. The number of carbonyl (C=O) groups excluding carboxylic acids is 1. The van der Waals surface area contributed by atoms with E-state index in [2.05, 4.69) is 24.1 Å². The Morgan fingerprint density at radius 2 is 1.90 bits per heavy atom. The minimum absolute atomic E-state index is 0.0662. The molecule has 1 aromatic carbocycles. The zero-order valence-electron chi connectivity index (χ0n) is 13.1. The summed E-state index contributed by atoms with van der Waals surface area (Å²) >= 11 is 0. The van der Waals surface area contributed by atoms with Crippen LogP contribution in [0.5, 0.6) is 0 Å². The molecule has 21 heavy (non-hydrogen) atoms. The first-order valence-corrected chi connectivity index (χ1v) is 7.89. The first-order chi connectivity index (χ1) is 10.1. The highest BCUT2D eigenvalue weighted by molar-refractivity contribution is 5.83. The number of nitrogens with one attached hydrogen (secondary N) is 1. The molecular weight excluding hydrogens is 262 g/mol. The second kappa shape index (κ2) is 7.57. The highest BCUT2D eigenvalue weighted by Gasteiger charge is 2.23. The van der Waals surface area contributed by atoms with Gasteiger partial charge in [-0.25, -0.2) is 0 Å². The summed E-state index contributed by atoms with van der Waals surface area (Å²) in [6.07, 6.45) is 2.03. The van der Waals surface area contributed by atoms with Crippen molar-refractivity contribution in [2.75, 3.05) is 19.6 Å². The highest BCUT2D eigenvalue weighted by atomic mass is 16.2. The molecule has 1 aliphatic heterocycles. The third-order valence-electron chi connectivity index (χ3n) is 4.00. The summed E-state index contributed by atoms with van der Waals surface area (Å²) < 4.78 is 0. The van der Waals surface area contributed by atoms with Crippen LogP contribution in [0, 0.1) is 5.92 Å². The van der Waals surface area contributed by atoms with E-state index in [1.807, 2.05) is 30.3 Å². The summed E-state index contributed by atoms with van der Waals surface area (Å²) in [7, 11) is 0. The molecular formula is C17H27N3O. The van der Waals surface area contributed by atoms with Gasteiger partial charge in [0.2, 0.25) is 5.91 Å². The third-order valence-corrected chi connectivity index (χ3v) is 4.00. The predicted molar refractivity (Wildman–Crippen MR) is 85.8 cm³/mol. The van der Waals surface area contributed by atoms with Gasteiger partial charge in [0.25, 0.3) is 0 Å². The van der Waals surface area contributed by atoms with E-state index in [1.54, 1.807) is 0 Å². The largest absolute Gasteiger partial charge is 0.352 e. The molecule has 0 saturated carbocycles. The Bertz CT molecular complexity index is 439. The van der Waals surface area contributed by atoms with Crippen molar-refractivity contribution in [1.29, 1.82) is 0 Å². The van der Waals surface area contributed by atoms with Crippen LogP contribution in [0.4, 0.5) is 0 Å². The summed E-state index contributed by atoms with van der Waals surface area (Å²) in [6.45, 7) is 7.75. The SMILES string of the molecule is CC(C)CN1CCC(NC(=O)C(N)c2ccccc2)CC1. The van der Waals surface area contributed by atoms with Crippen molar-refractivity contribution in [1.82, 2.24) is 10.2 Å². The number of amides is 1. The van der Waals surface area contributed by atoms with E-state index in [9.17, 15) is 4.79 Å². The zero-order valence-corrected chi connectivity index (χ0v) is 13.1. The van der Waals surface area contributed by atoms with Crippen molar-refractivity contribution in [2.24, 2.45) is 11.7 Å². The van der Waals surface area contributed by atoms with Crippen LogP contribution in [0.3, 0.4) is 0 Å². The van der Waals surface area contributed by atoms with Gasteiger partial charge in [-0.2, -0.15) is 0 Å². The highest BCUT2D eigenvalue weighted by Crippen LogP contribution is 2.14. The standard InChI is InChI=1S/C17H27N3O/c1-13(2)12-20-10-8-15(9-11-20)19-17(21)16(18)14-6-4-3-5-7-14/h3-7,13,15-16H,8-12,18H2,1-2H3,(H,19,21). The van der Waals surface area contributed by atoms with Crippen LogP contribution in [0.1, 0.15) is 38.3 Å². The Morgan fingerprint density at radius 3 is 2.48 bits per heavy atom. The average Bonchev–Trinajstić information content (AvgIpc) is 2.49. The van der Waals surface area contributed by atoms with Crippen molar-refractivity contribution >= 4 is 5.91 Å². The van der Waals surface area contributed by atoms with Gasteiger partial charge < -0.3 is 16.0 Å². The summed E-state index contributed by atoms with van der Waals surface area (Å²) in [5, 5.41) is 3.10. The van der Waals surface area contributed by atoms with E-state index >= 15 is 0 Å². The summed E-state index contributed by atoms with van der Waals surface area (Å²) in [5.41, 5.74) is 6.89. The van der Waals surface area contributed by atoms with Gasteiger partial charge >= 0.3 is 0 Å². The van der Waals surface area contributed by atoms with Crippen LogP contribution < -0.4 is 11.1 Å². The number of benzene rings is 1. The topological polar surface area (TPSA) is 58.4 Å². The van der Waals surface area contributed by atoms with Crippen molar-refractivity contribution in [3.63, 3.8) is 0 Å². The molecule has 1 aliphatic rings. The van der Waals surface area contributed by atoms with E-state index in [0.29, 0.717) is 5.92 Å². The van der Waals surface area contributed by atoms with E-state index in [4.69, 9.17) is 5.73 Å². The lowest BCUT2D eigenvalue weighted by Gasteiger charge is -2.33. The lowest BCUT2D eigenvalue weighted by molar-refractivity contribution is -0.123. The van der Waals surface area contributed by atoms with Gasteiger partial charge in [-0.15, -0.1) is 0 Å². The molecule has 1 atom stereocenters. The minimum Gasteiger partial charge on any atom is -0.352 e. The van der Waals surface area contributed by atoms with Crippen LogP contribution >= 0.6 is 0 Å². The van der Waals surface area contributed by atoms with Crippen molar-refractivity contribution < 1.29 is 4.79 Å². The van der Waals surface area contributed by atoms with Crippen LogP contribution in [0.2, 0.25) is 0 Å². The van der Waals surface area contributed by atoms with E-state index < -0.39 is 6.04 Å². The van der Waals surface area contributed by atoms with Crippen molar-refractivity contribution in [3.8, 4) is 0 Å². The fourth-order valence-electron chi connectivity index (χ4n) is 2.88. The quantitative estimate of drug-likeness (QED) is 0.870. The van der Waals surface area contributed by atoms with Gasteiger partial charge in [0.05, 0.1) is 0 Å². The summed E-state index contributed by atoms with van der Waals surface area (Å²) in [4.78, 5) is 14.7. The molecule has 1 fully saturated rings. The lowest BCUT2D eigenvalue weighted by atomic mass is 10.0. The lowest BCUT2D eigenvalue weighted by Crippen LogP contribution is -2.47. The van der Waals surface area contributed by atoms with Crippen LogP contribution in [-0.2, 0) is 4.79 Å². The Hall–Kier alpha value is -1.39. The molecule has 116 valence electrons. The van der Waals surface area contributed by atoms with E-state index in [0.717, 1.165) is 38.0 Å². The van der Waals surface area contributed by atoms with Crippen LogP contribution in [-0.4, -0.2) is 36.5 Å². The van der Waals surface area contributed by atoms with Crippen LogP contribution in [0.25, 0.3) is 0 Å². The summed E-state index contributed by atoms with van der Waals surface area (Å²) in [5.74, 6) is 0.631. The molecule has 1 amide bonds. The maximum absolute atomic E-state index is 12.2. The molecule has 1 aromatic rings. The molecule has 0 bridgehead atoms. The first-order valence-electron chi connectivity index (χ1n) is 7.89. The molecule has 0 aliphatic carbocycles.